The third-order valence-corrected chi connectivity index (χ3v) is 1.92. The zero-order valence-electron chi connectivity index (χ0n) is 10.7. The highest BCUT2D eigenvalue weighted by Crippen LogP contribution is 2.14. The van der Waals surface area contributed by atoms with Crippen molar-refractivity contribution in [2.45, 2.75) is 41.0 Å². The van der Waals surface area contributed by atoms with Crippen LogP contribution in [-0.4, -0.2) is 6.26 Å². The lowest BCUT2D eigenvalue weighted by Gasteiger charge is -1.96. The van der Waals surface area contributed by atoms with Crippen LogP contribution in [0.4, 0.5) is 0 Å². The van der Waals surface area contributed by atoms with Crippen molar-refractivity contribution < 1.29 is 0 Å². The summed E-state index contributed by atoms with van der Waals surface area (Å²) in [6.07, 6.45) is 7.00. The molecule has 0 bridgehead atoms. The SMILES string of the molecule is C=C/C(=C\C(=C)SC)CC.CC.CC. The van der Waals surface area contributed by atoms with Crippen LogP contribution in [0.2, 0.25) is 0 Å². The summed E-state index contributed by atoms with van der Waals surface area (Å²) in [7, 11) is 0. The second-order valence-electron chi connectivity index (χ2n) is 1.95. The summed E-state index contributed by atoms with van der Waals surface area (Å²) < 4.78 is 0. The van der Waals surface area contributed by atoms with Crippen LogP contribution in [0.3, 0.4) is 0 Å². The highest BCUT2D eigenvalue weighted by molar-refractivity contribution is 8.02. The summed E-state index contributed by atoms with van der Waals surface area (Å²) in [5.74, 6) is 0. The lowest BCUT2D eigenvalue weighted by atomic mass is 10.2. The maximum Gasteiger partial charge on any atom is -0.0000115 e. The van der Waals surface area contributed by atoms with Gasteiger partial charge in [0.1, 0.15) is 0 Å². The molecule has 0 spiro atoms. The first kappa shape index (κ1) is 19.2. The summed E-state index contributed by atoms with van der Waals surface area (Å²) in [4.78, 5) is 1.09. The van der Waals surface area contributed by atoms with E-state index < -0.39 is 0 Å². The van der Waals surface area contributed by atoms with Crippen molar-refractivity contribution in [3.05, 3.63) is 35.8 Å². The van der Waals surface area contributed by atoms with Gasteiger partial charge < -0.3 is 0 Å². The number of thioether (sulfide) groups is 1. The Bertz CT molecular complexity index is 155. The standard InChI is InChI=1S/C9H14S.2C2H6/c1-5-9(6-2)7-8(3)10-4;2*1-2/h5,7H,1,3,6H2,2,4H3;2*1-2H3/b9-7+;;. The van der Waals surface area contributed by atoms with Gasteiger partial charge in [-0.1, -0.05) is 53.9 Å². The molecule has 0 aromatic heterocycles. The first-order valence-corrected chi connectivity index (χ1v) is 6.53. The summed E-state index contributed by atoms with van der Waals surface area (Å²) in [5, 5.41) is 0. The smallest absolute Gasteiger partial charge is 0.0000115 e. The Morgan fingerprint density at radius 1 is 1.21 bits per heavy atom. The van der Waals surface area contributed by atoms with E-state index in [1.807, 2.05) is 40.0 Å². The van der Waals surface area contributed by atoms with E-state index in [4.69, 9.17) is 0 Å². The molecule has 0 aliphatic carbocycles. The topological polar surface area (TPSA) is 0 Å². The lowest BCUT2D eigenvalue weighted by Crippen LogP contribution is -1.73. The van der Waals surface area contributed by atoms with E-state index in [-0.39, 0.29) is 0 Å². The molecule has 0 aliphatic heterocycles. The van der Waals surface area contributed by atoms with Gasteiger partial charge in [0.25, 0.3) is 0 Å². The maximum absolute atomic E-state index is 3.85. The molecule has 0 saturated carbocycles. The molecule has 0 aromatic rings. The fraction of sp³-hybridized carbons (Fsp3) is 0.538. The van der Waals surface area contributed by atoms with Crippen molar-refractivity contribution in [1.29, 1.82) is 0 Å². The minimum Gasteiger partial charge on any atom is -0.130 e. The van der Waals surface area contributed by atoms with Crippen LogP contribution >= 0.6 is 11.8 Å². The molecule has 0 fully saturated rings. The van der Waals surface area contributed by atoms with Crippen molar-refractivity contribution in [1.82, 2.24) is 0 Å². The summed E-state index contributed by atoms with van der Waals surface area (Å²) in [6.45, 7) is 17.7. The van der Waals surface area contributed by atoms with Gasteiger partial charge in [0.05, 0.1) is 0 Å². The van der Waals surface area contributed by atoms with Crippen LogP contribution in [0.5, 0.6) is 0 Å². The Hall–Kier alpha value is -0.430. The minimum atomic E-state index is 1.03. The first-order valence-electron chi connectivity index (χ1n) is 5.30. The number of rotatable bonds is 4. The van der Waals surface area contributed by atoms with Gasteiger partial charge in [-0.05, 0) is 29.2 Å². The lowest BCUT2D eigenvalue weighted by molar-refractivity contribution is 1.15. The molecule has 0 saturated heterocycles. The molecule has 14 heavy (non-hydrogen) atoms. The van der Waals surface area contributed by atoms with E-state index in [1.165, 1.54) is 5.57 Å². The van der Waals surface area contributed by atoms with Gasteiger partial charge in [-0.25, -0.2) is 0 Å². The molecule has 1 heteroatoms. The van der Waals surface area contributed by atoms with Gasteiger partial charge in [-0.2, -0.15) is 0 Å². The van der Waals surface area contributed by atoms with Crippen LogP contribution in [0.15, 0.2) is 35.8 Å². The molecule has 0 unspecified atom stereocenters. The van der Waals surface area contributed by atoms with E-state index in [9.17, 15) is 0 Å². The quantitative estimate of drug-likeness (QED) is 0.562. The third kappa shape index (κ3) is 14.1. The van der Waals surface area contributed by atoms with Gasteiger partial charge in [-0.3, -0.25) is 0 Å². The number of allylic oxidation sites excluding steroid dienone is 3. The van der Waals surface area contributed by atoms with Gasteiger partial charge in [0.15, 0.2) is 0 Å². The minimum absolute atomic E-state index is 1.03. The highest BCUT2D eigenvalue weighted by Gasteiger charge is 1.87. The van der Waals surface area contributed by atoms with E-state index in [0.29, 0.717) is 0 Å². The molecule has 0 N–H and O–H groups in total. The second-order valence-corrected chi connectivity index (χ2v) is 2.88. The Balaban J connectivity index is -0.000000266. The number of hydrogen-bond donors (Lipinski definition) is 0. The second kappa shape index (κ2) is 18.4. The van der Waals surface area contributed by atoms with Crippen molar-refractivity contribution in [3.8, 4) is 0 Å². The number of hydrogen-bond acceptors (Lipinski definition) is 1. The average molecular weight is 214 g/mol. The van der Waals surface area contributed by atoms with Crippen molar-refractivity contribution in [2.24, 2.45) is 0 Å². The highest BCUT2D eigenvalue weighted by atomic mass is 32.2. The van der Waals surface area contributed by atoms with Crippen LogP contribution in [0.25, 0.3) is 0 Å². The largest absolute Gasteiger partial charge is 0.130 e. The first-order chi connectivity index (χ1) is 6.74. The summed E-state index contributed by atoms with van der Waals surface area (Å²) >= 11 is 1.67. The van der Waals surface area contributed by atoms with Crippen molar-refractivity contribution in [3.63, 3.8) is 0 Å². The van der Waals surface area contributed by atoms with E-state index in [1.54, 1.807) is 11.8 Å². The molecule has 0 amide bonds. The van der Waals surface area contributed by atoms with Gasteiger partial charge in [0.2, 0.25) is 0 Å². The Labute approximate surface area is 95.2 Å². The Kier molecular flexibility index (Phi) is 25.2. The van der Waals surface area contributed by atoms with Crippen LogP contribution in [0, 0.1) is 0 Å². The van der Waals surface area contributed by atoms with Gasteiger partial charge in [-0.15, -0.1) is 11.8 Å². The van der Waals surface area contributed by atoms with Crippen molar-refractivity contribution >= 4 is 11.8 Å². The maximum atomic E-state index is 3.85. The molecule has 0 rings (SSSR count). The van der Waals surface area contributed by atoms with E-state index >= 15 is 0 Å². The predicted molar refractivity (Wildman–Crippen MR) is 73.9 cm³/mol. The van der Waals surface area contributed by atoms with E-state index in [2.05, 4.69) is 26.2 Å². The molecule has 0 aliphatic rings. The molecule has 0 aromatic carbocycles. The zero-order valence-corrected chi connectivity index (χ0v) is 11.5. The molecule has 0 nitrogen and oxygen atoms in total. The molecule has 0 radical (unpaired) electrons. The predicted octanol–water partition coefficient (Wildman–Crippen LogP) is 5.44. The normalized spacial score (nSPS) is 8.86. The fourth-order valence-corrected chi connectivity index (χ4v) is 0.840. The zero-order chi connectivity index (χ0) is 12.0. The monoisotopic (exact) mass is 214 g/mol. The van der Waals surface area contributed by atoms with E-state index in [0.717, 1.165) is 11.3 Å². The van der Waals surface area contributed by atoms with Crippen molar-refractivity contribution in [2.75, 3.05) is 6.26 Å². The van der Waals surface area contributed by atoms with Crippen LogP contribution < -0.4 is 0 Å². The summed E-state index contributed by atoms with van der Waals surface area (Å²) in [6, 6.07) is 0. The summed E-state index contributed by atoms with van der Waals surface area (Å²) in [5.41, 5.74) is 1.25. The van der Waals surface area contributed by atoms with Gasteiger partial charge in [0, 0.05) is 0 Å². The molecular weight excluding hydrogens is 188 g/mol. The molecule has 84 valence electrons. The van der Waals surface area contributed by atoms with Gasteiger partial charge >= 0.3 is 0 Å². The third-order valence-electron chi connectivity index (χ3n) is 1.28. The fourth-order valence-electron chi connectivity index (χ4n) is 0.571. The van der Waals surface area contributed by atoms with Crippen LogP contribution in [0.1, 0.15) is 41.0 Å². The Morgan fingerprint density at radius 2 is 1.64 bits per heavy atom. The molecule has 0 heterocycles. The Morgan fingerprint density at radius 3 is 1.86 bits per heavy atom. The molecule has 0 atom stereocenters. The van der Waals surface area contributed by atoms with Crippen LogP contribution in [-0.2, 0) is 0 Å². The average Bonchev–Trinajstić information content (AvgIpc) is 2.30. The molecular formula is C13H26S.